The van der Waals surface area contributed by atoms with E-state index in [0.29, 0.717) is 5.56 Å². The largest absolute Gasteiger partial charge is 0.479 e. The minimum atomic E-state index is -4.06. The van der Waals surface area contributed by atoms with Gasteiger partial charge in [0.05, 0.1) is 33.8 Å². The number of carbonyl (C=O) groups excluding carboxylic acids is 2. The summed E-state index contributed by atoms with van der Waals surface area (Å²) < 4.78 is 34.0. The lowest BCUT2D eigenvalue weighted by Crippen LogP contribution is -2.30. The third kappa shape index (κ3) is 4.37. The van der Waals surface area contributed by atoms with Crippen LogP contribution in [-0.2, 0) is 15.4 Å². The van der Waals surface area contributed by atoms with Crippen LogP contribution in [0.15, 0.2) is 53.6 Å². The van der Waals surface area contributed by atoms with E-state index in [4.69, 9.17) is 16.3 Å². The molecule has 8 nitrogen and oxygen atoms in total. The maximum absolute atomic E-state index is 13.5. The Labute approximate surface area is 208 Å². The summed E-state index contributed by atoms with van der Waals surface area (Å²) in [5.74, 6) is -1.36. The predicted octanol–water partition coefficient (Wildman–Crippen LogP) is 4.95. The summed E-state index contributed by atoms with van der Waals surface area (Å²) in [5.41, 5.74) is 1.38. The van der Waals surface area contributed by atoms with Crippen molar-refractivity contribution >= 4 is 44.8 Å². The first kappa shape index (κ1) is 24.7. The van der Waals surface area contributed by atoms with E-state index in [9.17, 15) is 18.0 Å². The van der Waals surface area contributed by atoms with Crippen molar-refractivity contribution in [1.29, 1.82) is 0 Å². The molecule has 1 aliphatic rings. The number of hydrogen-bond acceptors (Lipinski definition) is 6. The van der Waals surface area contributed by atoms with Gasteiger partial charge in [0.15, 0.2) is 0 Å². The molecule has 2 heterocycles. The van der Waals surface area contributed by atoms with E-state index < -0.39 is 21.8 Å². The first-order chi connectivity index (χ1) is 16.3. The molecule has 10 heteroatoms. The van der Waals surface area contributed by atoms with Gasteiger partial charge in [0.25, 0.3) is 21.8 Å². The fourth-order valence-corrected chi connectivity index (χ4v) is 5.13. The van der Waals surface area contributed by atoms with Crippen LogP contribution in [0, 0.1) is 6.92 Å². The normalized spacial score (nSPS) is 13.7. The number of aryl methyl sites for hydroxylation is 1. The minimum Gasteiger partial charge on any atom is -0.479 e. The monoisotopic (exact) mass is 513 g/mol. The lowest BCUT2D eigenvalue weighted by atomic mass is 9.87. The summed E-state index contributed by atoms with van der Waals surface area (Å²) in [7, 11) is -2.69. The Kier molecular flexibility index (Phi) is 6.11. The van der Waals surface area contributed by atoms with E-state index in [0.717, 1.165) is 10.5 Å². The van der Waals surface area contributed by atoms with Gasteiger partial charge >= 0.3 is 0 Å². The summed E-state index contributed by atoms with van der Waals surface area (Å²) in [6, 6.07) is 10.8. The van der Waals surface area contributed by atoms with E-state index >= 15 is 0 Å². The number of benzene rings is 2. The van der Waals surface area contributed by atoms with Gasteiger partial charge < -0.3 is 4.74 Å². The van der Waals surface area contributed by atoms with E-state index in [-0.39, 0.29) is 43.7 Å². The third-order valence-electron chi connectivity index (χ3n) is 5.67. The lowest BCUT2D eigenvalue weighted by molar-refractivity contribution is 0.0925. The quantitative estimate of drug-likeness (QED) is 0.484. The molecule has 2 amide bonds. The number of anilines is 2. The number of nitrogens with one attached hydrogen (secondary N) is 1. The van der Waals surface area contributed by atoms with Crippen LogP contribution in [0.1, 0.15) is 52.6 Å². The van der Waals surface area contributed by atoms with Gasteiger partial charge in [0, 0.05) is 6.20 Å². The van der Waals surface area contributed by atoms with Crippen LogP contribution in [-0.4, -0.2) is 32.3 Å². The molecule has 1 aliphatic heterocycles. The second-order valence-electron chi connectivity index (χ2n) is 9.21. The summed E-state index contributed by atoms with van der Waals surface area (Å²) in [6.45, 7) is 7.84. The summed E-state index contributed by atoms with van der Waals surface area (Å²) in [5, 5.41) is 0.0258. The van der Waals surface area contributed by atoms with Gasteiger partial charge in [-0.1, -0.05) is 44.5 Å². The molecular formula is C25H24ClN3O5S. The summed E-state index contributed by atoms with van der Waals surface area (Å²) in [6.07, 6.45) is 1.54. The third-order valence-corrected chi connectivity index (χ3v) is 7.36. The molecule has 0 unspecified atom stereocenters. The number of sulfonamides is 1. The molecule has 4 rings (SSSR count). The number of nitrogens with zero attached hydrogens (tertiary/aromatic N) is 2. The maximum atomic E-state index is 13.5. The van der Waals surface area contributed by atoms with Gasteiger partial charge in [-0.05, 0) is 53.8 Å². The molecule has 1 aromatic heterocycles. The van der Waals surface area contributed by atoms with Crippen LogP contribution in [0.4, 0.5) is 11.4 Å². The molecule has 0 saturated heterocycles. The molecule has 0 atom stereocenters. The van der Waals surface area contributed by atoms with Gasteiger partial charge in [0.1, 0.15) is 5.69 Å². The van der Waals surface area contributed by atoms with Crippen molar-refractivity contribution in [3.05, 3.63) is 75.9 Å². The first-order valence-electron chi connectivity index (χ1n) is 10.7. The van der Waals surface area contributed by atoms with Crippen LogP contribution < -0.4 is 14.4 Å². The zero-order valence-corrected chi connectivity index (χ0v) is 21.4. The molecule has 0 saturated carbocycles. The van der Waals surface area contributed by atoms with Crippen molar-refractivity contribution in [3.8, 4) is 5.88 Å². The minimum absolute atomic E-state index is 0.0207. The predicted molar refractivity (Wildman–Crippen MR) is 134 cm³/mol. The second-order valence-corrected chi connectivity index (χ2v) is 11.3. The van der Waals surface area contributed by atoms with E-state index in [1.165, 1.54) is 37.6 Å². The standard InChI is InChI=1S/C25H24ClN3O5S/c1-14-12-19(22(34-5)27-13-14)29-23(30)20-17(26)10-11-18(21(20)24(29)31)28-35(32,33)16-8-6-15(7-9-16)25(2,3)4/h6-13,28H,1-5H3. The molecule has 0 radical (unpaired) electrons. The topological polar surface area (TPSA) is 106 Å². The molecule has 182 valence electrons. The number of ether oxygens (including phenoxy) is 1. The number of methoxy groups -OCH3 is 1. The van der Waals surface area contributed by atoms with Gasteiger partial charge in [-0.25, -0.2) is 18.3 Å². The highest BCUT2D eigenvalue weighted by Gasteiger charge is 2.42. The fraction of sp³-hybridized carbons (Fsp3) is 0.240. The molecule has 35 heavy (non-hydrogen) atoms. The first-order valence-corrected chi connectivity index (χ1v) is 12.6. The van der Waals surface area contributed by atoms with Crippen LogP contribution in [0.2, 0.25) is 5.02 Å². The van der Waals surface area contributed by atoms with Crippen LogP contribution in [0.25, 0.3) is 0 Å². The van der Waals surface area contributed by atoms with Gasteiger partial charge in [-0.15, -0.1) is 0 Å². The molecule has 0 fully saturated rings. The number of imide groups is 1. The highest BCUT2D eigenvalue weighted by molar-refractivity contribution is 7.92. The molecule has 0 bridgehead atoms. The number of hydrogen-bond donors (Lipinski definition) is 1. The summed E-state index contributed by atoms with van der Waals surface area (Å²) >= 11 is 6.28. The lowest BCUT2D eigenvalue weighted by Gasteiger charge is -2.19. The van der Waals surface area contributed by atoms with Crippen molar-refractivity contribution < 1.29 is 22.7 Å². The average molecular weight is 514 g/mol. The summed E-state index contributed by atoms with van der Waals surface area (Å²) in [4.78, 5) is 31.8. The second kappa shape index (κ2) is 8.66. The Hall–Kier alpha value is -3.43. The fourth-order valence-electron chi connectivity index (χ4n) is 3.82. The number of amides is 2. The Balaban J connectivity index is 1.77. The van der Waals surface area contributed by atoms with E-state index in [1.54, 1.807) is 25.1 Å². The smallest absolute Gasteiger partial charge is 0.268 e. The van der Waals surface area contributed by atoms with Gasteiger partial charge in [0.2, 0.25) is 5.88 Å². The Bertz CT molecular complexity index is 1460. The highest BCUT2D eigenvalue weighted by atomic mass is 35.5. The number of carbonyl (C=O) groups is 2. The number of rotatable bonds is 5. The Morgan fingerprint density at radius 2 is 1.63 bits per heavy atom. The zero-order chi connectivity index (χ0) is 25.7. The number of aromatic nitrogens is 1. The van der Waals surface area contributed by atoms with Gasteiger partial charge in [-0.3, -0.25) is 14.3 Å². The van der Waals surface area contributed by atoms with Crippen molar-refractivity contribution in [2.45, 2.75) is 38.0 Å². The molecule has 3 aromatic rings. The van der Waals surface area contributed by atoms with Crippen LogP contribution in [0.3, 0.4) is 0 Å². The van der Waals surface area contributed by atoms with Crippen molar-refractivity contribution in [2.75, 3.05) is 16.7 Å². The number of pyridine rings is 1. The van der Waals surface area contributed by atoms with Crippen molar-refractivity contribution in [3.63, 3.8) is 0 Å². The average Bonchev–Trinajstić information content (AvgIpc) is 3.06. The van der Waals surface area contributed by atoms with Gasteiger partial charge in [-0.2, -0.15) is 0 Å². The number of fused-ring (bicyclic) bond motifs is 1. The maximum Gasteiger partial charge on any atom is 0.268 e. The van der Waals surface area contributed by atoms with E-state index in [1.807, 2.05) is 20.8 Å². The highest BCUT2D eigenvalue weighted by Crippen LogP contribution is 2.40. The van der Waals surface area contributed by atoms with Crippen LogP contribution in [0.5, 0.6) is 5.88 Å². The van der Waals surface area contributed by atoms with Crippen molar-refractivity contribution in [2.24, 2.45) is 0 Å². The van der Waals surface area contributed by atoms with Crippen molar-refractivity contribution in [1.82, 2.24) is 4.98 Å². The molecule has 1 N–H and O–H groups in total. The Morgan fingerprint density at radius 1 is 1.00 bits per heavy atom. The number of halogens is 1. The molecule has 0 aliphatic carbocycles. The molecule has 2 aromatic carbocycles. The Morgan fingerprint density at radius 3 is 2.23 bits per heavy atom. The SMILES string of the molecule is COc1ncc(C)cc1N1C(=O)c2c(Cl)ccc(NS(=O)(=O)c3ccc(C(C)(C)C)cc3)c2C1=O. The zero-order valence-electron chi connectivity index (χ0n) is 19.8. The van der Waals surface area contributed by atoms with E-state index in [2.05, 4.69) is 9.71 Å². The van der Waals surface area contributed by atoms with Crippen LogP contribution >= 0.6 is 11.6 Å². The molecular weight excluding hydrogens is 490 g/mol. The molecule has 0 spiro atoms.